The fourth-order valence-electron chi connectivity index (χ4n) is 1.95. The molecular weight excluding hydrogens is 214 g/mol. The van der Waals surface area contributed by atoms with Gasteiger partial charge in [-0.25, -0.2) is 4.79 Å². The minimum atomic E-state index is -0.899. The van der Waals surface area contributed by atoms with E-state index in [1.54, 1.807) is 7.05 Å². The van der Waals surface area contributed by atoms with Crippen molar-refractivity contribution in [3.05, 3.63) is 0 Å². The van der Waals surface area contributed by atoms with Crippen LogP contribution in [0.1, 0.15) is 12.8 Å². The highest BCUT2D eigenvalue weighted by Gasteiger charge is 2.43. The van der Waals surface area contributed by atoms with Crippen molar-refractivity contribution in [3.8, 4) is 0 Å². The van der Waals surface area contributed by atoms with E-state index in [9.17, 15) is 19.2 Å². The van der Waals surface area contributed by atoms with Crippen LogP contribution in [0.5, 0.6) is 0 Å². The van der Waals surface area contributed by atoms with Crippen LogP contribution >= 0.6 is 0 Å². The number of piperidine rings is 1. The van der Waals surface area contributed by atoms with Crippen LogP contribution in [-0.2, 0) is 14.4 Å². The van der Waals surface area contributed by atoms with Crippen LogP contribution in [-0.4, -0.2) is 53.2 Å². The van der Waals surface area contributed by atoms with E-state index in [2.05, 4.69) is 0 Å². The summed E-state index contributed by atoms with van der Waals surface area (Å²) in [7, 11) is 1.61. The molecular formula is C9H11N3O4. The lowest BCUT2D eigenvalue weighted by Crippen LogP contribution is -2.51. The maximum absolute atomic E-state index is 11.4. The van der Waals surface area contributed by atoms with Gasteiger partial charge in [0.15, 0.2) is 0 Å². The first-order chi connectivity index (χ1) is 7.50. The highest BCUT2D eigenvalue weighted by atomic mass is 16.2. The number of nitrogens with zero attached hydrogens (tertiary/aromatic N) is 2. The Labute approximate surface area is 91.4 Å². The average Bonchev–Trinajstić information content (AvgIpc) is 2.47. The molecule has 2 fully saturated rings. The van der Waals surface area contributed by atoms with Gasteiger partial charge in [-0.1, -0.05) is 0 Å². The van der Waals surface area contributed by atoms with Crippen LogP contribution in [0.4, 0.5) is 4.79 Å². The molecule has 7 heteroatoms. The molecule has 2 saturated heterocycles. The highest BCUT2D eigenvalue weighted by molar-refractivity contribution is 6.44. The number of imide groups is 2. The second-order valence-electron chi connectivity index (χ2n) is 3.90. The normalized spacial score (nSPS) is 26.4. The number of carbonyl (C=O) groups excluding carboxylic acids is 4. The number of urea groups is 1. The van der Waals surface area contributed by atoms with Gasteiger partial charge in [0, 0.05) is 20.0 Å². The van der Waals surface area contributed by atoms with Crippen molar-refractivity contribution in [2.45, 2.75) is 18.9 Å². The third kappa shape index (κ3) is 1.54. The zero-order chi connectivity index (χ0) is 11.9. The summed E-state index contributed by atoms with van der Waals surface area (Å²) in [6.07, 6.45) is 0.696. The molecule has 0 aliphatic carbocycles. The smallest absolute Gasteiger partial charge is 0.331 e. The van der Waals surface area contributed by atoms with Crippen molar-refractivity contribution in [1.82, 2.24) is 15.1 Å². The Morgan fingerprint density at radius 2 is 1.94 bits per heavy atom. The van der Waals surface area contributed by atoms with E-state index in [4.69, 9.17) is 0 Å². The summed E-state index contributed by atoms with van der Waals surface area (Å²) in [6.45, 7) is 0.283. The number of nitrogens with one attached hydrogen (secondary N) is 1. The molecule has 1 unspecified atom stereocenters. The van der Waals surface area contributed by atoms with E-state index < -0.39 is 23.9 Å². The van der Waals surface area contributed by atoms with Gasteiger partial charge in [0.2, 0.25) is 5.91 Å². The standard InChI is InChI=1S/C9H11N3O4/c1-11-4-5(2-3-6(11)13)12-8(15)7(14)10-9(12)16/h5H,2-4H2,1H3,(H,10,14,16). The number of amides is 5. The van der Waals surface area contributed by atoms with Gasteiger partial charge in [-0.15, -0.1) is 0 Å². The number of carbonyl (C=O) groups is 4. The van der Waals surface area contributed by atoms with Gasteiger partial charge in [-0.05, 0) is 6.42 Å². The number of likely N-dealkylation sites (tertiary alicyclic amines) is 1. The van der Waals surface area contributed by atoms with Crippen molar-refractivity contribution in [3.63, 3.8) is 0 Å². The third-order valence-electron chi connectivity index (χ3n) is 2.82. The molecule has 2 heterocycles. The molecule has 16 heavy (non-hydrogen) atoms. The quantitative estimate of drug-likeness (QED) is 0.443. The summed E-state index contributed by atoms with van der Waals surface area (Å²) in [5.41, 5.74) is 0. The first kappa shape index (κ1) is 10.6. The molecule has 5 amide bonds. The van der Waals surface area contributed by atoms with Crippen molar-refractivity contribution < 1.29 is 19.2 Å². The van der Waals surface area contributed by atoms with Gasteiger partial charge in [0.1, 0.15) is 0 Å². The van der Waals surface area contributed by atoms with Gasteiger partial charge in [0.25, 0.3) is 0 Å². The van der Waals surface area contributed by atoms with Crippen LogP contribution in [0.2, 0.25) is 0 Å². The van der Waals surface area contributed by atoms with Crippen LogP contribution in [0.15, 0.2) is 0 Å². The molecule has 0 aromatic rings. The van der Waals surface area contributed by atoms with Crippen molar-refractivity contribution in [1.29, 1.82) is 0 Å². The summed E-state index contributed by atoms with van der Waals surface area (Å²) in [4.78, 5) is 47.3. The molecule has 0 bridgehead atoms. The first-order valence-electron chi connectivity index (χ1n) is 4.93. The summed E-state index contributed by atoms with van der Waals surface area (Å²) >= 11 is 0. The van der Waals surface area contributed by atoms with Crippen LogP contribution in [0, 0.1) is 0 Å². The zero-order valence-electron chi connectivity index (χ0n) is 8.73. The number of hydrogen-bond acceptors (Lipinski definition) is 4. The number of likely N-dealkylation sites (N-methyl/N-ethyl adjacent to an activating group) is 1. The maximum atomic E-state index is 11.4. The molecule has 2 aliphatic rings. The molecule has 86 valence electrons. The van der Waals surface area contributed by atoms with Gasteiger partial charge in [-0.2, -0.15) is 0 Å². The molecule has 2 aliphatic heterocycles. The van der Waals surface area contributed by atoms with E-state index in [1.807, 2.05) is 5.32 Å². The minimum Gasteiger partial charge on any atom is -0.344 e. The summed E-state index contributed by atoms with van der Waals surface area (Å²) in [5.74, 6) is -1.75. The summed E-state index contributed by atoms with van der Waals surface area (Å²) in [6, 6.07) is -1.09. The zero-order valence-corrected chi connectivity index (χ0v) is 8.73. The van der Waals surface area contributed by atoms with E-state index in [-0.39, 0.29) is 18.9 Å². The fraction of sp³-hybridized carbons (Fsp3) is 0.556. The molecule has 0 aromatic heterocycles. The molecule has 0 saturated carbocycles. The Kier molecular flexibility index (Phi) is 2.37. The minimum absolute atomic E-state index is 0.0189. The third-order valence-corrected chi connectivity index (χ3v) is 2.82. The van der Waals surface area contributed by atoms with Gasteiger partial charge in [-0.3, -0.25) is 24.6 Å². The molecule has 1 atom stereocenters. The van der Waals surface area contributed by atoms with Crippen LogP contribution in [0.3, 0.4) is 0 Å². The highest BCUT2D eigenvalue weighted by Crippen LogP contribution is 2.18. The van der Waals surface area contributed by atoms with Crippen molar-refractivity contribution >= 4 is 23.8 Å². The second kappa shape index (κ2) is 3.58. The van der Waals surface area contributed by atoms with E-state index in [0.29, 0.717) is 6.42 Å². The van der Waals surface area contributed by atoms with Gasteiger partial charge < -0.3 is 4.90 Å². The van der Waals surface area contributed by atoms with Crippen LogP contribution < -0.4 is 5.32 Å². The maximum Gasteiger partial charge on any atom is 0.331 e. The largest absolute Gasteiger partial charge is 0.344 e. The monoisotopic (exact) mass is 225 g/mol. The SMILES string of the molecule is CN1CC(N2C(=O)NC(=O)C2=O)CCC1=O. The molecule has 0 aromatic carbocycles. The van der Waals surface area contributed by atoms with Gasteiger partial charge >= 0.3 is 17.8 Å². The predicted molar refractivity (Wildman–Crippen MR) is 51.0 cm³/mol. The van der Waals surface area contributed by atoms with Crippen molar-refractivity contribution in [2.75, 3.05) is 13.6 Å². The lowest BCUT2D eigenvalue weighted by Gasteiger charge is -2.33. The van der Waals surface area contributed by atoms with Crippen LogP contribution in [0.25, 0.3) is 0 Å². The Morgan fingerprint density at radius 1 is 1.25 bits per heavy atom. The molecule has 2 rings (SSSR count). The fourth-order valence-corrected chi connectivity index (χ4v) is 1.95. The average molecular weight is 225 g/mol. The molecule has 0 spiro atoms. The lowest BCUT2D eigenvalue weighted by atomic mass is 10.0. The molecule has 1 N–H and O–H groups in total. The molecule has 0 radical (unpaired) electrons. The molecule has 7 nitrogen and oxygen atoms in total. The number of hydrogen-bond donors (Lipinski definition) is 1. The predicted octanol–water partition coefficient (Wildman–Crippen LogP) is -1.31. The summed E-state index contributed by atoms with van der Waals surface area (Å²) < 4.78 is 0. The Hall–Kier alpha value is -1.92. The summed E-state index contributed by atoms with van der Waals surface area (Å²) in [5, 5.41) is 1.94. The Bertz CT molecular complexity index is 392. The van der Waals surface area contributed by atoms with E-state index in [0.717, 1.165) is 4.90 Å². The Balaban J connectivity index is 2.14. The van der Waals surface area contributed by atoms with E-state index >= 15 is 0 Å². The Morgan fingerprint density at radius 3 is 2.44 bits per heavy atom. The van der Waals surface area contributed by atoms with E-state index in [1.165, 1.54) is 4.90 Å². The second-order valence-corrected chi connectivity index (χ2v) is 3.90. The topological polar surface area (TPSA) is 86.8 Å². The first-order valence-corrected chi connectivity index (χ1v) is 4.93. The lowest BCUT2D eigenvalue weighted by molar-refractivity contribution is -0.143. The van der Waals surface area contributed by atoms with Gasteiger partial charge in [0.05, 0.1) is 6.04 Å². The van der Waals surface area contributed by atoms with Crippen molar-refractivity contribution in [2.24, 2.45) is 0 Å². The number of rotatable bonds is 1.